The predicted octanol–water partition coefficient (Wildman–Crippen LogP) is 1.41. The number of benzene rings is 1. The highest BCUT2D eigenvalue weighted by atomic mass is 16.5. The minimum Gasteiger partial charge on any atom is -0.508 e. The van der Waals surface area contributed by atoms with Crippen LogP contribution in [0.25, 0.3) is 0 Å². The van der Waals surface area contributed by atoms with Crippen molar-refractivity contribution in [3.63, 3.8) is 0 Å². The molecule has 5 heteroatoms. The van der Waals surface area contributed by atoms with Gasteiger partial charge in [-0.2, -0.15) is 5.10 Å². The zero-order valence-electron chi connectivity index (χ0n) is 9.60. The molecule has 1 aromatic carbocycles. The van der Waals surface area contributed by atoms with Crippen molar-refractivity contribution in [2.24, 2.45) is 0 Å². The van der Waals surface area contributed by atoms with Crippen molar-refractivity contribution in [1.82, 2.24) is 15.5 Å². The van der Waals surface area contributed by atoms with Crippen molar-refractivity contribution in [2.75, 3.05) is 7.11 Å². The normalized spacial score (nSPS) is 10.4. The molecule has 90 valence electrons. The van der Waals surface area contributed by atoms with Crippen LogP contribution >= 0.6 is 0 Å². The number of methoxy groups -OCH3 is 1. The number of phenolic OH excluding ortho intramolecular Hbond substituents is 1. The Kier molecular flexibility index (Phi) is 3.62. The summed E-state index contributed by atoms with van der Waals surface area (Å²) in [4.78, 5) is 0. The van der Waals surface area contributed by atoms with Gasteiger partial charge in [-0.15, -0.1) is 0 Å². The fraction of sp³-hybridized carbons (Fsp3) is 0.250. The van der Waals surface area contributed by atoms with Gasteiger partial charge in [-0.1, -0.05) is 0 Å². The summed E-state index contributed by atoms with van der Waals surface area (Å²) in [6.07, 6.45) is 1.71. The predicted molar refractivity (Wildman–Crippen MR) is 63.8 cm³/mol. The first kappa shape index (κ1) is 11.5. The second-order valence-electron chi connectivity index (χ2n) is 3.68. The molecule has 0 aliphatic rings. The molecule has 0 radical (unpaired) electrons. The van der Waals surface area contributed by atoms with Crippen molar-refractivity contribution in [2.45, 2.75) is 13.1 Å². The molecule has 0 aliphatic heterocycles. The van der Waals surface area contributed by atoms with E-state index < -0.39 is 0 Å². The molecule has 3 N–H and O–H groups in total. The average molecular weight is 233 g/mol. The molecule has 1 aromatic heterocycles. The number of ether oxygens (including phenoxy) is 1. The standard InChI is InChI=1S/C12H15N3O2/c1-17-11-2-3-12(16)9(6-11)7-13-8-10-4-5-14-15-10/h2-6,13,16H,7-8H2,1H3,(H,14,15). The zero-order valence-corrected chi connectivity index (χ0v) is 9.60. The van der Waals surface area contributed by atoms with Crippen LogP contribution in [0.1, 0.15) is 11.3 Å². The van der Waals surface area contributed by atoms with Crippen LogP contribution in [0.2, 0.25) is 0 Å². The SMILES string of the molecule is COc1ccc(O)c(CNCc2ccn[nH]2)c1. The van der Waals surface area contributed by atoms with E-state index in [1.165, 1.54) is 0 Å². The number of phenols is 1. The van der Waals surface area contributed by atoms with Gasteiger partial charge in [-0.05, 0) is 24.3 Å². The third-order valence-corrected chi connectivity index (χ3v) is 2.48. The molecule has 17 heavy (non-hydrogen) atoms. The van der Waals surface area contributed by atoms with E-state index in [4.69, 9.17) is 4.74 Å². The largest absolute Gasteiger partial charge is 0.508 e. The van der Waals surface area contributed by atoms with Gasteiger partial charge in [-0.3, -0.25) is 5.10 Å². The number of hydrogen-bond donors (Lipinski definition) is 3. The molecule has 0 atom stereocenters. The lowest BCUT2D eigenvalue weighted by Crippen LogP contribution is -2.13. The Balaban J connectivity index is 1.94. The number of aromatic hydroxyl groups is 1. The summed E-state index contributed by atoms with van der Waals surface area (Å²) in [6, 6.07) is 7.08. The maximum atomic E-state index is 9.67. The lowest BCUT2D eigenvalue weighted by molar-refractivity contribution is 0.410. The molecule has 1 heterocycles. The van der Waals surface area contributed by atoms with Crippen molar-refractivity contribution in [3.8, 4) is 11.5 Å². The fourth-order valence-corrected chi connectivity index (χ4v) is 1.55. The molecular weight excluding hydrogens is 218 g/mol. The second kappa shape index (κ2) is 5.36. The molecule has 0 saturated carbocycles. The molecule has 0 fully saturated rings. The first-order valence-electron chi connectivity index (χ1n) is 5.34. The smallest absolute Gasteiger partial charge is 0.120 e. The third kappa shape index (κ3) is 2.98. The molecule has 0 spiro atoms. The molecule has 0 amide bonds. The molecule has 2 rings (SSSR count). The Morgan fingerprint density at radius 1 is 1.35 bits per heavy atom. The molecule has 0 aliphatic carbocycles. The van der Waals surface area contributed by atoms with Gasteiger partial charge in [0.15, 0.2) is 0 Å². The highest BCUT2D eigenvalue weighted by molar-refractivity contribution is 5.39. The Hall–Kier alpha value is -2.01. The Morgan fingerprint density at radius 3 is 2.94 bits per heavy atom. The van der Waals surface area contributed by atoms with E-state index >= 15 is 0 Å². The van der Waals surface area contributed by atoms with Crippen molar-refractivity contribution in [3.05, 3.63) is 41.7 Å². The number of nitrogens with zero attached hydrogens (tertiary/aromatic N) is 1. The van der Waals surface area contributed by atoms with Gasteiger partial charge in [0.2, 0.25) is 0 Å². The van der Waals surface area contributed by atoms with Gasteiger partial charge in [0.1, 0.15) is 11.5 Å². The number of H-pyrrole nitrogens is 1. The zero-order chi connectivity index (χ0) is 12.1. The maximum Gasteiger partial charge on any atom is 0.120 e. The van der Waals surface area contributed by atoms with Crippen LogP contribution in [0.3, 0.4) is 0 Å². The minimum absolute atomic E-state index is 0.267. The van der Waals surface area contributed by atoms with E-state index in [1.54, 1.807) is 25.4 Å². The topological polar surface area (TPSA) is 70.2 Å². The summed E-state index contributed by atoms with van der Waals surface area (Å²) in [5.74, 6) is 1.00. The summed E-state index contributed by atoms with van der Waals surface area (Å²) in [5.41, 5.74) is 1.82. The van der Waals surface area contributed by atoms with Gasteiger partial charge >= 0.3 is 0 Å². The van der Waals surface area contributed by atoms with Crippen LogP contribution in [0, 0.1) is 0 Å². The fourth-order valence-electron chi connectivity index (χ4n) is 1.55. The lowest BCUT2D eigenvalue weighted by atomic mass is 10.2. The molecule has 0 bridgehead atoms. The van der Waals surface area contributed by atoms with E-state index in [9.17, 15) is 5.11 Å². The summed E-state index contributed by atoms with van der Waals surface area (Å²) >= 11 is 0. The lowest BCUT2D eigenvalue weighted by Gasteiger charge is -2.08. The van der Waals surface area contributed by atoms with Crippen LogP contribution in [0.5, 0.6) is 11.5 Å². The van der Waals surface area contributed by atoms with Crippen molar-refractivity contribution in [1.29, 1.82) is 0 Å². The Morgan fingerprint density at radius 2 is 2.24 bits per heavy atom. The highest BCUT2D eigenvalue weighted by Crippen LogP contribution is 2.22. The van der Waals surface area contributed by atoms with Crippen molar-refractivity contribution < 1.29 is 9.84 Å². The van der Waals surface area contributed by atoms with E-state index in [2.05, 4.69) is 15.5 Å². The van der Waals surface area contributed by atoms with Crippen LogP contribution in [-0.4, -0.2) is 22.4 Å². The summed E-state index contributed by atoms with van der Waals surface area (Å²) in [5, 5.41) is 19.6. The van der Waals surface area contributed by atoms with E-state index in [0.29, 0.717) is 13.1 Å². The Labute approximate surface area is 99.4 Å². The summed E-state index contributed by atoms with van der Waals surface area (Å²) in [7, 11) is 1.61. The monoisotopic (exact) mass is 233 g/mol. The first-order valence-corrected chi connectivity index (χ1v) is 5.34. The number of aromatic amines is 1. The molecule has 5 nitrogen and oxygen atoms in total. The first-order chi connectivity index (χ1) is 8.29. The van der Waals surface area contributed by atoms with Gasteiger partial charge < -0.3 is 15.2 Å². The summed E-state index contributed by atoms with van der Waals surface area (Å²) in [6.45, 7) is 1.25. The average Bonchev–Trinajstić information content (AvgIpc) is 2.84. The molecule has 2 aromatic rings. The molecule has 0 saturated heterocycles. The number of nitrogens with one attached hydrogen (secondary N) is 2. The van der Waals surface area contributed by atoms with Crippen LogP contribution in [0.15, 0.2) is 30.5 Å². The Bertz CT molecular complexity index is 469. The van der Waals surface area contributed by atoms with E-state index in [1.807, 2.05) is 12.1 Å². The van der Waals surface area contributed by atoms with Gasteiger partial charge in [0.05, 0.1) is 7.11 Å². The third-order valence-electron chi connectivity index (χ3n) is 2.48. The maximum absolute atomic E-state index is 9.67. The van der Waals surface area contributed by atoms with E-state index in [0.717, 1.165) is 17.0 Å². The number of hydrogen-bond acceptors (Lipinski definition) is 4. The van der Waals surface area contributed by atoms with Crippen LogP contribution < -0.4 is 10.1 Å². The molecule has 0 unspecified atom stereocenters. The van der Waals surface area contributed by atoms with E-state index in [-0.39, 0.29) is 5.75 Å². The highest BCUT2D eigenvalue weighted by Gasteiger charge is 2.03. The van der Waals surface area contributed by atoms with Crippen LogP contribution in [-0.2, 0) is 13.1 Å². The van der Waals surface area contributed by atoms with Crippen molar-refractivity contribution >= 4 is 0 Å². The number of aromatic nitrogens is 2. The second-order valence-corrected chi connectivity index (χ2v) is 3.68. The number of rotatable bonds is 5. The van der Waals surface area contributed by atoms with Gasteiger partial charge in [0, 0.05) is 30.5 Å². The quantitative estimate of drug-likeness (QED) is 0.730. The minimum atomic E-state index is 0.267. The van der Waals surface area contributed by atoms with Gasteiger partial charge in [-0.25, -0.2) is 0 Å². The van der Waals surface area contributed by atoms with Gasteiger partial charge in [0.25, 0.3) is 0 Å². The van der Waals surface area contributed by atoms with Crippen LogP contribution in [0.4, 0.5) is 0 Å². The molecular formula is C12H15N3O2. The summed E-state index contributed by atoms with van der Waals surface area (Å²) < 4.78 is 5.11.